The van der Waals surface area contributed by atoms with Gasteiger partial charge in [-0.15, -0.1) is 10.2 Å². The smallest absolute Gasteiger partial charge is 0.227 e. The van der Waals surface area contributed by atoms with Gasteiger partial charge in [0.2, 0.25) is 5.91 Å². The summed E-state index contributed by atoms with van der Waals surface area (Å²) in [5, 5.41) is 16.9. The van der Waals surface area contributed by atoms with E-state index in [1.165, 1.54) is 5.56 Å². The first-order chi connectivity index (χ1) is 14.0. The van der Waals surface area contributed by atoms with Gasteiger partial charge in [0, 0.05) is 31.1 Å². The largest absolute Gasteiger partial charge is 0.379 e. The van der Waals surface area contributed by atoms with Crippen LogP contribution in [0, 0.1) is 11.3 Å². The van der Waals surface area contributed by atoms with E-state index in [1.54, 1.807) is 6.07 Å². The number of nitriles is 1. The fourth-order valence-electron chi connectivity index (χ4n) is 3.95. The van der Waals surface area contributed by atoms with Crippen LogP contribution >= 0.6 is 0 Å². The Hall–Kier alpha value is -2.98. The maximum absolute atomic E-state index is 12.8. The number of rotatable bonds is 4. The molecular weight excluding hydrogens is 366 g/mol. The number of benzene rings is 1. The minimum Gasteiger partial charge on any atom is -0.379 e. The number of carbonyl (C=O) groups is 1. The Morgan fingerprint density at radius 3 is 2.52 bits per heavy atom. The summed E-state index contributed by atoms with van der Waals surface area (Å²) in [7, 11) is 0. The summed E-state index contributed by atoms with van der Waals surface area (Å²) in [6.07, 6.45) is 0.414. The molecule has 150 valence electrons. The molecule has 3 heterocycles. The van der Waals surface area contributed by atoms with Gasteiger partial charge >= 0.3 is 0 Å². The summed E-state index contributed by atoms with van der Waals surface area (Å²) in [6.45, 7) is 7.80. The number of piperazine rings is 1. The van der Waals surface area contributed by atoms with Gasteiger partial charge in [-0.2, -0.15) is 5.26 Å². The summed E-state index contributed by atoms with van der Waals surface area (Å²) in [6, 6.07) is 14.0. The molecule has 1 aromatic heterocycles. The van der Waals surface area contributed by atoms with Crippen LogP contribution in [0.4, 0.5) is 5.82 Å². The van der Waals surface area contributed by atoms with Crippen molar-refractivity contribution >= 4 is 11.7 Å². The van der Waals surface area contributed by atoms with Crippen molar-refractivity contribution in [2.24, 2.45) is 0 Å². The lowest BCUT2D eigenvalue weighted by molar-refractivity contribution is -0.131. The van der Waals surface area contributed by atoms with Crippen LogP contribution in [-0.4, -0.2) is 59.9 Å². The molecule has 0 unspecified atom stereocenters. The van der Waals surface area contributed by atoms with Gasteiger partial charge in [0.1, 0.15) is 6.07 Å². The standard InChI is InChI=1S/C22H25N5O2/c1-16-13-26(9-10-27(16)20-8-7-19(12-23)24-25-20)21(28)11-17-3-5-18(6-4-17)22(2)14-29-15-22/h3-8,16H,9-11,13-15H2,1-2H3/t16-/m0/s1. The van der Waals surface area contributed by atoms with Gasteiger partial charge in [-0.25, -0.2) is 0 Å². The van der Waals surface area contributed by atoms with Crippen LogP contribution in [0.2, 0.25) is 0 Å². The Morgan fingerprint density at radius 2 is 1.97 bits per heavy atom. The third-order valence-electron chi connectivity index (χ3n) is 5.89. The zero-order valence-corrected chi connectivity index (χ0v) is 16.8. The summed E-state index contributed by atoms with van der Waals surface area (Å²) in [5.41, 5.74) is 2.73. The highest BCUT2D eigenvalue weighted by Gasteiger charge is 2.35. The molecule has 0 N–H and O–H groups in total. The first kappa shape index (κ1) is 19.3. The number of amides is 1. The van der Waals surface area contributed by atoms with Gasteiger partial charge in [0.05, 0.1) is 19.6 Å². The van der Waals surface area contributed by atoms with E-state index >= 15 is 0 Å². The van der Waals surface area contributed by atoms with Crippen LogP contribution in [0.3, 0.4) is 0 Å². The Bertz CT molecular complexity index is 916. The number of carbonyl (C=O) groups excluding carboxylic acids is 1. The van der Waals surface area contributed by atoms with Crippen LogP contribution in [-0.2, 0) is 21.4 Å². The van der Waals surface area contributed by atoms with Crippen molar-refractivity contribution in [2.75, 3.05) is 37.7 Å². The average molecular weight is 391 g/mol. The van der Waals surface area contributed by atoms with E-state index < -0.39 is 0 Å². The van der Waals surface area contributed by atoms with Crippen LogP contribution < -0.4 is 4.90 Å². The molecule has 1 atom stereocenters. The fraction of sp³-hybridized carbons (Fsp3) is 0.455. The normalized spacial score (nSPS) is 20.7. The Balaban J connectivity index is 1.35. The molecule has 2 aliphatic heterocycles. The van der Waals surface area contributed by atoms with E-state index in [4.69, 9.17) is 10.00 Å². The zero-order chi connectivity index (χ0) is 20.4. The van der Waals surface area contributed by atoms with Crippen LogP contribution in [0.1, 0.15) is 30.7 Å². The van der Waals surface area contributed by atoms with Crippen molar-refractivity contribution in [1.82, 2.24) is 15.1 Å². The Morgan fingerprint density at radius 1 is 1.21 bits per heavy atom. The number of nitrogens with zero attached hydrogens (tertiary/aromatic N) is 5. The molecule has 4 rings (SSSR count). The van der Waals surface area contributed by atoms with Crippen molar-refractivity contribution in [3.8, 4) is 6.07 Å². The first-order valence-corrected chi connectivity index (χ1v) is 9.94. The lowest BCUT2D eigenvalue weighted by Gasteiger charge is -2.40. The van der Waals surface area contributed by atoms with E-state index in [-0.39, 0.29) is 17.4 Å². The van der Waals surface area contributed by atoms with Gasteiger partial charge in [-0.1, -0.05) is 31.2 Å². The molecule has 2 aliphatic rings. The van der Waals surface area contributed by atoms with Crippen molar-refractivity contribution in [3.63, 3.8) is 0 Å². The fourth-order valence-corrected chi connectivity index (χ4v) is 3.95. The summed E-state index contributed by atoms with van der Waals surface area (Å²) in [5.74, 6) is 0.890. The number of aromatic nitrogens is 2. The molecule has 2 aromatic rings. The zero-order valence-electron chi connectivity index (χ0n) is 16.8. The van der Waals surface area contributed by atoms with Crippen molar-refractivity contribution in [3.05, 3.63) is 53.2 Å². The second kappa shape index (κ2) is 7.80. The van der Waals surface area contributed by atoms with Crippen LogP contribution in [0.15, 0.2) is 36.4 Å². The summed E-state index contributed by atoms with van der Waals surface area (Å²) in [4.78, 5) is 16.9. The van der Waals surface area contributed by atoms with Crippen molar-refractivity contribution < 1.29 is 9.53 Å². The molecule has 0 radical (unpaired) electrons. The Kier molecular flexibility index (Phi) is 5.20. The molecule has 29 heavy (non-hydrogen) atoms. The second-order valence-corrected chi connectivity index (χ2v) is 8.20. The minimum atomic E-state index is 0.114. The van der Waals surface area contributed by atoms with E-state index in [0.29, 0.717) is 31.7 Å². The highest BCUT2D eigenvalue weighted by Crippen LogP contribution is 2.31. The molecule has 0 saturated carbocycles. The maximum atomic E-state index is 12.8. The van der Waals surface area contributed by atoms with Gasteiger partial charge in [-0.05, 0) is 30.2 Å². The monoisotopic (exact) mass is 391 g/mol. The van der Waals surface area contributed by atoms with Gasteiger partial charge in [-0.3, -0.25) is 4.79 Å². The van der Waals surface area contributed by atoms with Gasteiger partial charge < -0.3 is 14.5 Å². The quantitative estimate of drug-likeness (QED) is 0.792. The Labute approximate surface area is 170 Å². The predicted octanol–water partition coefficient (Wildman–Crippen LogP) is 1.92. The topological polar surface area (TPSA) is 82.4 Å². The molecule has 2 saturated heterocycles. The average Bonchev–Trinajstić information content (AvgIpc) is 2.72. The van der Waals surface area contributed by atoms with Gasteiger partial charge in [0.15, 0.2) is 11.5 Å². The van der Waals surface area contributed by atoms with Crippen LogP contribution in [0.25, 0.3) is 0 Å². The maximum Gasteiger partial charge on any atom is 0.227 e. The number of anilines is 1. The highest BCUT2D eigenvalue weighted by atomic mass is 16.5. The SMILES string of the molecule is C[C@H]1CN(C(=O)Cc2ccc(C3(C)COC3)cc2)CCN1c1ccc(C#N)nn1. The highest BCUT2D eigenvalue weighted by molar-refractivity contribution is 5.79. The van der Waals surface area contributed by atoms with Crippen molar-refractivity contribution in [2.45, 2.75) is 31.7 Å². The number of hydrogen-bond donors (Lipinski definition) is 0. The molecule has 1 aromatic carbocycles. The van der Waals surface area contributed by atoms with E-state index in [0.717, 1.165) is 24.6 Å². The molecular formula is C22H25N5O2. The van der Waals surface area contributed by atoms with E-state index in [9.17, 15) is 4.79 Å². The summed E-state index contributed by atoms with van der Waals surface area (Å²) < 4.78 is 5.34. The second-order valence-electron chi connectivity index (χ2n) is 8.20. The van der Waals surface area contributed by atoms with Crippen LogP contribution in [0.5, 0.6) is 0 Å². The molecule has 0 bridgehead atoms. The summed E-state index contributed by atoms with van der Waals surface area (Å²) >= 11 is 0. The number of hydrogen-bond acceptors (Lipinski definition) is 6. The third kappa shape index (κ3) is 3.94. The number of ether oxygens (including phenoxy) is 1. The predicted molar refractivity (Wildman–Crippen MR) is 108 cm³/mol. The van der Waals surface area contributed by atoms with E-state index in [1.807, 2.05) is 17.0 Å². The first-order valence-electron chi connectivity index (χ1n) is 9.94. The minimum absolute atomic E-state index is 0.114. The van der Waals surface area contributed by atoms with Gasteiger partial charge in [0.25, 0.3) is 0 Å². The van der Waals surface area contributed by atoms with Crippen molar-refractivity contribution in [1.29, 1.82) is 5.26 Å². The lowest BCUT2D eigenvalue weighted by Crippen LogP contribution is -2.54. The molecule has 1 amide bonds. The molecule has 0 aliphatic carbocycles. The van der Waals surface area contributed by atoms with E-state index in [2.05, 4.69) is 53.2 Å². The molecule has 7 heteroatoms. The lowest BCUT2D eigenvalue weighted by atomic mass is 9.80. The molecule has 0 spiro atoms. The molecule has 7 nitrogen and oxygen atoms in total. The third-order valence-corrected chi connectivity index (χ3v) is 5.89. The molecule has 2 fully saturated rings.